The molecule has 23 heavy (non-hydrogen) atoms. The fourth-order valence-electron chi connectivity index (χ4n) is 2.41. The van der Waals surface area contributed by atoms with Gasteiger partial charge < -0.3 is 11.5 Å². The average Bonchev–Trinajstić information content (AvgIpc) is 2.55. The molecule has 4 N–H and O–H groups in total. The topological polar surface area (TPSA) is 52.0 Å². The molecule has 2 atom stereocenters. The Kier molecular flexibility index (Phi) is 6.34. The van der Waals surface area contributed by atoms with Crippen LogP contribution in [0.2, 0.25) is 0 Å². The summed E-state index contributed by atoms with van der Waals surface area (Å²) in [6.45, 7) is 3.99. The maximum Gasteiger partial charge on any atom is 0.0272 e. The van der Waals surface area contributed by atoms with Crippen molar-refractivity contribution in [3.8, 4) is 0 Å². The van der Waals surface area contributed by atoms with E-state index in [-0.39, 0.29) is 12.1 Å². The van der Waals surface area contributed by atoms with E-state index in [9.17, 15) is 0 Å². The Morgan fingerprint density at radius 1 is 0.739 bits per heavy atom. The van der Waals surface area contributed by atoms with Crippen LogP contribution in [0, 0.1) is 0 Å². The molecule has 0 unspecified atom stereocenters. The quantitative estimate of drug-likeness (QED) is 0.640. The van der Waals surface area contributed by atoms with Gasteiger partial charge in [-0.3, -0.25) is 0 Å². The molecule has 3 aromatic carbocycles. The molecule has 0 aliphatic carbocycles. The molecule has 3 rings (SSSR count). The molecule has 120 valence electrons. The Labute approximate surface area is 146 Å². The van der Waals surface area contributed by atoms with Crippen LogP contribution in [0.3, 0.4) is 0 Å². The minimum atomic E-state index is 0.103. The third kappa shape index (κ3) is 4.90. The van der Waals surface area contributed by atoms with Crippen LogP contribution < -0.4 is 11.5 Å². The zero-order valence-corrected chi connectivity index (χ0v) is 15.1. The van der Waals surface area contributed by atoms with Crippen LogP contribution >= 0.6 is 15.9 Å². The molecule has 3 heteroatoms. The van der Waals surface area contributed by atoms with Gasteiger partial charge in [0.2, 0.25) is 0 Å². The summed E-state index contributed by atoms with van der Waals surface area (Å²) in [5, 5.41) is 2.53. The van der Waals surface area contributed by atoms with E-state index in [0.717, 1.165) is 4.47 Å². The lowest BCUT2D eigenvalue weighted by Gasteiger charge is -2.09. The molecule has 0 heterocycles. The van der Waals surface area contributed by atoms with Crippen molar-refractivity contribution in [1.29, 1.82) is 0 Å². The number of nitrogens with two attached hydrogens (primary N) is 2. The highest BCUT2D eigenvalue weighted by Gasteiger charge is 2.03. The molecular weight excluding hydrogens is 348 g/mol. The number of hydrogen-bond acceptors (Lipinski definition) is 2. The molecule has 0 aliphatic heterocycles. The number of rotatable bonds is 2. The van der Waals surface area contributed by atoms with Crippen LogP contribution in [0.15, 0.2) is 71.2 Å². The van der Waals surface area contributed by atoms with Gasteiger partial charge in [-0.15, -0.1) is 0 Å². The molecule has 0 saturated heterocycles. The zero-order valence-electron chi connectivity index (χ0n) is 13.5. The Bertz CT molecular complexity index is 744. The van der Waals surface area contributed by atoms with Gasteiger partial charge in [0.05, 0.1) is 0 Å². The van der Waals surface area contributed by atoms with Gasteiger partial charge >= 0.3 is 0 Å². The second-order valence-electron chi connectivity index (χ2n) is 5.70. The molecule has 2 nitrogen and oxygen atoms in total. The monoisotopic (exact) mass is 370 g/mol. The largest absolute Gasteiger partial charge is 0.324 e. The van der Waals surface area contributed by atoms with Crippen molar-refractivity contribution in [3.63, 3.8) is 0 Å². The first kappa shape index (κ1) is 17.7. The maximum absolute atomic E-state index is 5.88. The first-order valence-electron chi connectivity index (χ1n) is 7.73. The SMILES string of the molecule is C[C@H](N)c1ccc(Br)cc1.C[C@H](N)c1cccc2ccccc12. The van der Waals surface area contributed by atoms with E-state index in [1.807, 2.05) is 50.2 Å². The lowest BCUT2D eigenvalue weighted by Crippen LogP contribution is -2.05. The molecule has 0 spiro atoms. The van der Waals surface area contributed by atoms with E-state index in [2.05, 4.69) is 46.3 Å². The van der Waals surface area contributed by atoms with Crippen LogP contribution in [-0.4, -0.2) is 0 Å². The summed E-state index contributed by atoms with van der Waals surface area (Å²) in [4.78, 5) is 0. The van der Waals surface area contributed by atoms with Crippen LogP contribution in [-0.2, 0) is 0 Å². The number of hydrogen-bond donors (Lipinski definition) is 2. The Hall–Kier alpha value is -1.68. The lowest BCUT2D eigenvalue weighted by atomic mass is 10.0. The van der Waals surface area contributed by atoms with E-state index < -0.39 is 0 Å². The molecule has 3 aromatic rings. The van der Waals surface area contributed by atoms with Gasteiger partial charge in [0.25, 0.3) is 0 Å². The number of fused-ring (bicyclic) bond motifs is 1. The molecule has 0 aliphatic rings. The second-order valence-corrected chi connectivity index (χ2v) is 6.61. The van der Waals surface area contributed by atoms with E-state index in [1.165, 1.54) is 21.9 Å². The van der Waals surface area contributed by atoms with Crippen molar-refractivity contribution >= 4 is 26.7 Å². The van der Waals surface area contributed by atoms with Gasteiger partial charge in [-0.05, 0) is 47.9 Å². The minimum absolute atomic E-state index is 0.103. The minimum Gasteiger partial charge on any atom is -0.324 e. The third-order valence-electron chi connectivity index (χ3n) is 3.71. The van der Waals surface area contributed by atoms with Crippen molar-refractivity contribution in [2.24, 2.45) is 11.5 Å². The smallest absolute Gasteiger partial charge is 0.0272 e. The third-order valence-corrected chi connectivity index (χ3v) is 4.24. The van der Waals surface area contributed by atoms with Crippen LogP contribution in [0.5, 0.6) is 0 Å². The molecule has 0 aromatic heterocycles. The highest BCUT2D eigenvalue weighted by atomic mass is 79.9. The van der Waals surface area contributed by atoms with Gasteiger partial charge in [-0.25, -0.2) is 0 Å². The highest BCUT2D eigenvalue weighted by molar-refractivity contribution is 9.10. The number of benzene rings is 3. The Balaban J connectivity index is 0.000000174. The van der Waals surface area contributed by atoms with Crippen molar-refractivity contribution in [2.45, 2.75) is 25.9 Å². The van der Waals surface area contributed by atoms with Crippen molar-refractivity contribution < 1.29 is 0 Å². The molecule has 0 radical (unpaired) electrons. The van der Waals surface area contributed by atoms with Crippen LogP contribution in [0.25, 0.3) is 10.8 Å². The molecule has 0 amide bonds. The van der Waals surface area contributed by atoms with E-state index in [0.29, 0.717) is 0 Å². The van der Waals surface area contributed by atoms with Gasteiger partial charge in [0.15, 0.2) is 0 Å². The average molecular weight is 371 g/mol. The van der Waals surface area contributed by atoms with Crippen LogP contribution in [0.4, 0.5) is 0 Å². The standard InChI is InChI=1S/C12H13N.C8H10BrN/c1-9(13)11-8-4-6-10-5-2-3-7-12(10)11;1-6(10)7-2-4-8(9)5-3-7/h2-9H,13H2,1H3;2-6H,10H2,1H3/t9-;6-/m00/s1. The predicted octanol–water partition coefficient (Wildman–Crippen LogP) is 5.33. The highest BCUT2D eigenvalue weighted by Crippen LogP contribution is 2.22. The summed E-state index contributed by atoms with van der Waals surface area (Å²) in [6, 6.07) is 22.9. The fourth-order valence-corrected chi connectivity index (χ4v) is 2.68. The van der Waals surface area contributed by atoms with E-state index >= 15 is 0 Å². The van der Waals surface area contributed by atoms with Gasteiger partial charge in [-0.2, -0.15) is 0 Å². The normalized spacial score (nSPS) is 13.1. The Morgan fingerprint density at radius 2 is 1.35 bits per heavy atom. The maximum atomic E-state index is 5.88. The summed E-state index contributed by atoms with van der Waals surface area (Å²) in [5.41, 5.74) is 13.9. The first-order chi connectivity index (χ1) is 11.0. The summed E-state index contributed by atoms with van der Waals surface area (Å²) in [5.74, 6) is 0. The summed E-state index contributed by atoms with van der Waals surface area (Å²) >= 11 is 3.35. The van der Waals surface area contributed by atoms with Crippen LogP contribution in [0.1, 0.15) is 37.1 Å². The van der Waals surface area contributed by atoms with Gasteiger partial charge in [0.1, 0.15) is 0 Å². The Morgan fingerprint density at radius 3 is 1.96 bits per heavy atom. The predicted molar refractivity (Wildman–Crippen MR) is 103 cm³/mol. The second kappa shape index (κ2) is 8.25. The van der Waals surface area contributed by atoms with E-state index in [4.69, 9.17) is 11.5 Å². The van der Waals surface area contributed by atoms with Crippen molar-refractivity contribution in [2.75, 3.05) is 0 Å². The van der Waals surface area contributed by atoms with Crippen molar-refractivity contribution in [1.82, 2.24) is 0 Å². The summed E-state index contributed by atoms with van der Waals surface area (Å²) in [7, 11) is 0. The van der Waals surface area contributed by atoms with Crippen molar-refractivity contribution in [3.05, 3.63) is 82.3 Å². The molecule has 0 bridgehead atoms. The molecule has 0 saturated carbocycles. The van der Waals surface area contributed by atoms with Gasteiger partial charge in [0, 0.05) is 16.6 Å². The molecular formula is C20H23BrN2. The zero-order chi connectivity index (χ0) is 16.8. The molecule has 0 fully saturated rings. The lowest BCUT2D eigenvalue weighted by molar-refractivity contribution is 0.818. The van der Waals surface area contributed by atoms with E-state index in [1.54, 1.807) is 0 Å². The summed E-state index contributed by atoms with van der Waals surface area (Å²) < 4.78 is 1.09. The fraction of sp³-hybridized carbons (Fsp3) is 0.200. The van der Waals surface area contributed by atoms with Gasteiger partial charge in [-0.1, -0.05) is 70.5 Å². The summed E-state index contributed by atoms with van der Waals surface area (Å²) in [6.07, 6.45) is 0. The first-order valence-corrected chi connectivity index (χ1v) is 8.52. The number of halogens is 1.